The second kappa shape index (κ2) is 11.7. The van der Waals surface area contributed by atoms with Crippen molar-refractivity contribution in [2.45, 2.75) is 38.2 Å². The molecular formula is C26H34N2O. The largest absolute Gasteiger partial charge is 0.486 e. The third-order valence-corrected chi connectivity index (χ3v) is 5.38. The van der Waals surface area contributed by atoms with Crippen LogP contribution in [0.4, 0.5) is 0 Å². The summed E-state index contributed by atoms with van der Waals surface area (Å²) in [5.74, 6) is 7.59. The fourth-order valence-corrected chi connectivity index (χ4v) is 3.68. The van der Waals surface area contributed by atoms with Crippen molar-refractivity contribution in [2.24, 2.45) is 0 Å². The maximum Gasteiger partial charge on any atom is 0.125 e. The van der Waals surface area contributed by atoms with Gasteiger partial charge in [-0.05, 0) is 69.9 Å². The van der Waals surface area contributed by atoms with Crippen LogP contribution in [0.5, 0.6) is 5.75 Å². The van der Waals surface area contributed by atoms with Gasteiger partial charge in [0, 0.05) is 31.5 Å². The fraction of sp³-hybridized carbons (Fsp3) is 0.462. The zero-order chi connectivity index (χ0) is 20.3. The highest BCUT2D eigenvalue weighted by molar-refractivity contribution is 5.37. The number of rotatable bonds is 8. The van der Waals surface area contributed by atoms with E-state index in [1.54, 1.807) is 0 Å². The second-order valence-electron chi connectivity index (χ2n) is 8.09. The SMILES string of the molecule is CN(C)CCC(Oc1ccccc1)c1ccc(C#CCCN2CCCCC2)cc1. The maximum atomic E-state index is 6.29. The number of ether oxygens (including phenoxy) is 1. The van der Waals surface area contributed by atoms with Gasteiger partial charge in [0.05, 0.1) is 0 Å². The lowest BCUT2D eigenvalue weighted by Gasteiger charge is -2.25. The molecule has 154 valence electrons. The van der Waals surface area contributed by atoms with Crippen molar-refractivity contribution >= 4 is 0 Å². The first-order chi connectivity index (χ1) is 14.2. The van der Waals surface area contributed by atoms with Crippen molar-refractivity contribution in [1.29, 1.82) is 0 Å². The third kappa shape index (κ3) is 7.57. The van der Waals surface area contributed by atoms with E-state index >= 15 is 0 Å². The number of likely N-dealkylation sites (tertiary alicyclic amines) is 1. The third-order valence-electron chi connectivity index (χ3n) is 5.38. The Bertz CT molecular complexity index is 768. The van der Waals surface area contributed by atoms with E-state index in [-0.39, 0.29) is 6.10 Å². The minimum atomic E-state index is 0.0425. The van der Waals surface area contributed by atoms with Crippen molar-refractivity contribution in [1.82, 2.24) is 9.80 Å². The molecule has 0 spiro atoms. The lowest BCUT2D eigenvalue weighted by molar-refractivity contribution is 0.179. The Morgan fingerprint density at radius 2 is 1.69 bits per heavy atom. The van der Waals surface area contributed by atoms with Gasteiger partial charge in [-0.15, -0.1) is 0 Å². The molecule has 2 aromatic carbocycles. The topological polar surface area (TPSA) is 15.7 Å². The first kappa shape index (κ1) is 21.4. The minimum absolute atomic E-state index is 0.0425. The summed E-state index contributed by atoms with van der Waals surface area (Å²) in [7, 11) is 4.20. The van der Waals surface area contributed by atoms with Crippen molar-refractivity contribution in [3.63, 3.8) is 0 Å². The molecule has 3 rings (SSSR count). The molecule has 0 N–H and O–H groups in total. The molecule has 1 unspecified atom stereocenters. The van der Waals surface area contributed by atoms with E-state index in [0.717, 1.165) is 37.2 Å². The molecule has 0 aliphatic carbocycles. The van der Waals surface area contributed by atoms with E-state index in [2.05, 4.69) is 60.0 Å². The molecule has 29 heavy (non-hydrogen) atoms. The molecule has 1 aliphatic heterocycles. The molecule has 0 saturated carbocycles. The summed E-state index contributed by atoms with van der Waals surface area (Å²) in [5, 5.41) is 0. The van der Waals surface area contributed by atoms with Gasteiger partial charge in [0.1, 0.15) is 11.9 Å². The molecule has 3 heteroatoms. The van der Waals surface area contributed by atoms with Crippen LogP contribution in [0.2, 0.25) is 0 Å². The summed E-state index contributed by atoms with van der Waals surface area (Å²) in [4.78, 5) is 4.74. The average Bonchev–Trinajstić information content (AvgIpc) is 2.76. The zero-order valence-corrected chi connectivity index (χ0v) is 17.9. The molecule has 0 radical (unpaired) electrons. The van der Waals surface area contributed by atoms with E-state index in [0.29, 0.717) is 0 Å². The van der Waals surface area contributed by atoms with Gasteiger partial charge in [-0.3, -0.25) is 0 Å². The lowest BCUT2D eigenvalue weighted by Crippen LogP contribution is -2.30. The predicted molar refractivity (Wildman–Crippen MR) is 121 cm³/mol. The molecule has 0 aromatic heterocycles. The number of hydrogen-bond acceptors (Lipinski definition) is 3. The van der Waals surface area contributed by atoms with Gasteiger partial charge in [0.25, 0.3) is 0 Å². The number of nitrogens with zero attached hydrogens (tertiary/aromatic N) is 2. The van der Waals surface area contributed by atoms with E-state index < -0.39 is 0 Å². The highest BCUT2D eigenvalue weighted by Gasteiger charge is 2.14. The molecule has 1 aliphatic rings. The fourth-order valence-electron chi connectivity index (χ4n) is 3.68. The number of piperidine rings is 1. The van der Waals surface area contributed by atoms with Crippen LogP contribution in [-0.4, -0.2) is 50.1 Å². The predicted octanol–water partition coefficient (Wildman–Crippen LogP) is 4.99. The summed E-state index contributed by atoms with van der Waals surface area (Å²) in [5.41, 5.74) is 2.29. The number of para-hydroxylation sites is 1. The standard InChI is InChI=1S/C26H34N2O/c1-27(2)22-18-26(29-25-12-5-3-6-13-25)24-16-14-23(15-17-24)11-7-10-21-28-19-8-4-9-20-28/h3,5-6,12-17,26H,4,8-10,18-22H2,1-2H3. The van der Waals surface area contributed by atoms with Crippen LogP contribution in [-0.2, 0) is 0 Å². The first-order valence-electron chi connectivity index (χ1n) is 10.9. The van der Waals surface area contributed by atoms with Gasteiger partial charge >= 0.3 is 0 Å². The summed E-state index contributed by atoms with van der Waals surface area (Å²) >= 11 is 0. The van der Waals surface area contributed by atoms with Gasteiger partial charge in [-0.25, -0.2) is 0 Å². The van der Waals surface area contributed by atoms with E-state index in [1.165, 1.54) is 37.9 Å². The molecule has 0 amide bonds. The van der Waals surface area contributed by atoms with E-state index in [1.807, 2.05) is 30.3 Å². The smallest absolute Gasteiger partial charge is 0.125 e. The molecule has 3 nitrogen and oxygen atoms in total. The normalized spacial score (nSPS) is 15.6. The zero-order valence-electron chi connectivity index (χ0n) is 17.9. The van der Waals surface area contributed by atoms with Crippen LogP contribution in [0.3, 0.4) is 0 Å². The molecule has 1 saturated heterocycles. The monoisotopic (exact) mass is 390 g/mol. The summed E-state index contributed by atoms with van der Waals surface area (Å²) in [6, 6.07) is 18.7. The van der Waals surface area contributed by atoms with Gasteiger partial charge < -0.3 is 14.5 Å². The van der Waals surface area contributed by atoms with Crippen LogP contribution in [0.15, 0.2) is 54.6 Å². The maximum absolute atomic E-state index is 6.29. The van der Waals surface area contributed by atoms with Gasteiger partial charge in [0.2, 0.25) is 0 Å². The highest BCUT2D eigenvalue weighted by atomic mass is 16.5. The van der Waals surface area contributed by atoms with E-state index in [4.69, 9.17) is 4.74 Å². The van der Waals surface area contributed by atoms with Crippen LogP contribution in [0.1, 0.15) is 49.3 Å². The van der Waals surface area contributed by atoms with Crippen LogP contribution in [0, 0.1) is 11.8 Å². The summed E-state index contributed by atoms with van der Waals surface area (Å²) < 4.78 is 6.29. The molecule has 1 heterocycles. The summed E-state index contributed by atoms with van der Waals surface area (Å²) in [6.45, 7) is 4.57. The van der Waals surface area contributed by atoms with Crippen molar-refractivity contribution < 1.29 is 4.74 Å². The highest BCUT2D eigenvalue weighted by Crippen LogP contribution is 2.25. The van der Waals surface area contributed by atoms with Gasteiger partial charge in [-0.1, -0.05) is 48.6 Å². The Morgan fingerprint density at radius 3 is 2.38 bits per heavy atom. The first-order valence-corrected chi connectivity index (χ1v) is 10.9. The molecule has 1 fully saturated rings. The minimum Gasteiger partial charge on any atom is -0.486 e. The number of benzene rings is 2. The number of hydrogen-bond donors (Lipinski definition) is 0. The lowest BCUT2D eigenvalue weighted by atomic mass is 10.0. The van der Waals surface area contributed by atoms with E-state index in [9.17, 15) is 0 Å². The van der Waals surface area contributed by atoms with Crippen molar-refractivity contribution in [3.05, 3.63) is 65.7 Å². The Kier molecular flexibility index (Phi) is 8.61. The Hall–Kier alpha value is -2.28. The van der Waals surface area contributed by atoms with Crippen molar-refractivity contribution in [2.75, 3.05) is 40.3 Å². The average molecular weight is 391 g/mol. The van der Waals surface area contributed by atoms with Crippen LogP contribution >= 0.6 is 0 Å². The molecule has 2 aromatic rings. The quantitative estimate of drug-likeness (QED) is 0.591. The van der Waals surface area contributed by atoms with Crippen molar-refractivity contribution in [3.8, 4) is 17.6 Å². The molecule has 0 bridgehead atoms. The van der Waals surface area contributed by atoms with Crippen LogP contribution < -0.4 is 4.74 Å². The Balaban J connectivity index is 1.58. The van der Waals surface area contributed by atoms with Gasteiger partial charge in [-0.2, -0.15) is 0 Å². The summed E-state index contributed by atoms with van der Waals surface area (Å²) in [6.07, 6.45) is 6.01. The molecular weight excluding hydrogens is 356 g/mol. The van der Waals surface area contributed by atoms with Gasteiger partial charge in [0.15, 0.2) is 0 Å². The Morgan fingerprint density at radius 1 is 0.966 bits per heavy atom. The second-order valence-corrected chi connectivity index (χ2v) is 8.09. The van der Waals surface area contributed by atoms with Crippen LogP contribution in [0.25, 0.3) is 0 Å². The Labute approximate surface area is 176 Å². The molecule has 1 atom stereocenters.